The van der Waals surface area contributed by atoms with Crippen LogP contribution in [0.4, 0.5) is 0 Å². The van der Waals surface area contributed by atoms with Crippen LogP contribution in [0.15, 0.2) is 24.3 Å². The summed E-state index contributed by atoms with van der Waals surface area (Å²) in [4.78, 5) is 0. The van der Waals surface area contributed by atoms with Gasteiger partial charge >= 0.3 is 0 Å². The van der Waals surface area contributed by atoms with Crippen LogP contribution in [0.3, 0.4) is 0 Å². The highest BCUT2D eigenvalue weighted by molar-refractivity contribution is 5.21. The summed E-state index contributed by atoms with van der Waals surface area (Å²) in [6.45, 7) is 2.37. The third-order valence-corrected chi connectivity index (χ3v) is 2.27. The Bertz CT molecular complexity index is 225. The van der Waals surface area contributed by atoms with E-state index in [2.05, 4.69) is 19.1 Å². The van der Waals surface area contributed by atoms with Gasteiger partial charge in [0.25, 0.3) is 0 Å². The normalized spacial score (nSPS) is 10.3. The minimum atomic E-state index is 0.148. The molecule has 0 spiro atoms. The van der Waals surface area contributed by atoms with E-state index in [1.165, 1.54) is 31.2 Å². The molecule has 0 atom stereocenters. The lowest BCUT2D eigenvalue weighted by molar-refractivity contribution is 0.282. The van der Waals surface area contributed by atoms with Crippen molar-refractivity contribution in [1.82, 2.24) is 0 Å². The molecule has 0 aliphatic carbocycles. The standard InChI is InChI=1S/C12H18O/c1-2-3-4-5-11-6-8-12(10-13)9-7-11/h6-9,13H,2-5,10H2,1H3. The maximum Gasteiger partial charge on any atom is 0.0681 e. The van der Waals surface area contributed by atoms with Crippen molar-refractivity contribution in [3.8, 4) is 0 Å². The van der Waals surface area contributed by atoms with E-state index >= 15 is 0 Å². The van der Waals surface area contributed by atoms with E-state index in [0.717, 1.165) is 5.56 Å². The summed E-state index contributed by atoms with van der Waals surface area (Å²) < 4.78 is 0. The quantitative estimate of drug-likeness (QED) is 0.687. The Morgan fingerprint density at radius 1 is 1.00 bits per heavy atom. The van der Waals surface area contributed by atoms with Crippen LogP contribution >= 0.6 is 0 Å². The summed E-state index contributed by atoms with van der Waals surface area (Å²) in [6, 6.07) is 8.23. The van der Waals surface area contributed by atoms with E-state index in [0.29, 0.717) is 0 Å². The Labute approximate surface area is 80.4 Å². The van der Waals surface area contributed by atoms with Crippen LogP contribution in [0.5, 0.6) is 0 Å². The Kier molecular flexibility index (Phi) is 4.55. The van der Waals surface area contributed by atoms with Gasteiger partial charge in [0.15, 0.2) is 0 Å². The molecule has 1 N–H and O–H groups in total. The largest absolute Gasteiger partial charge is 0.392 e. The van der Waals surface area contributed by atoms with Gasteiger partial charge in [0, 0.05) is 0 Å². The molecule has 0 heterocycles. The number of benzene rings is 1. The molecule has 1 aromatic rings. The van der Waals surface area contributed by atoms with Crippen LogP contribution < -0.4 is 0 Å². The molecule has 0 radical (unpaired) electrons. The number of hydrogen-bond donors (Lipinski definition) is 1. The van der Waals surface area contributed by atoms with Crippen molar-refractivity contribution in [2.75, 3.05) is 0 Å². The topological polar surface area (TPSA) is 20.2 Å². The molecule has 1 rings (SSSR count). The lowest BCUT2D eigenvalue weighted by atomic mass is 10.1. The van der Waals surface area contributed by atoms with Crippen LogP contribution in [0.2, 0.25) is 0 Å². The van der Waals surface area contributed by atoms with Crippen molar-refractivity contribution in [2.24, 2.45) is 0 Å². The second-order valence-electron chi connectivity index (χ2n) is 3.43. The molecule has 1 heteroatoms. The highest BCUT2D eigenvalue weighted by Crippen LogP contribution is 2.08. The van der Waals surface area contributed by atoms with Crippen molar-refractivity contribution in [3.05, 3.63) is 35.4 Å². The molecule has 1 aromatic carbocycles. The fourth-order valence-electron chi connectivity index (χ4n) is 1.39. The summed E-state index contributed by atoms with van der Waals surface area (Å²) in [5, 5.41) is 8.84. The third-order valence-electron chi connectivity index (χ3n) is 2.27. The minimum absolute atomic E-state index is 0.148. The third kappa shape index (κ3) is 3.60. The van der Waals surface area contributed by atoms with Gasteiger partial charge in [-0.1, -0.05) is 44.0 Å². The van der Waals surface area contributed by atoms with E-state index in [9.17, 15) is 0 Å². The first kappa shape index (κ1) is 10.3. The lowest BCUT2D eigenvalue weighted by Gasteiger charge is -2.01. The van der Waals surface area contributed by atoms with Gasteiger partial charge in [0.2, 0.25) is 0 Å². The van der Waals surface area contributed by atoms with Crippen LogP contribution in [-0.2, 0) is 13.0 Å². The molecule has 0 bridgehead atoms. The number of unbranched alkanes of at least 4 members (excludes halogenated alkanes) is 2. The van der Waals surface area contributed by atoms with Gasteiger partial charge in [-0.15, -0.1) is 0 Å². The zero-order chi connectivity index (χ0) is 9.52. The smallest absolute Gasteiger partial charge is 0.0681 e. The average Bonchev–Trinajstić information content (AvgIpc) is 2.19. The number of rotatable bonds is 5. The molecule has 0 fully saturated rings. The van der Waals surface area contributed by atoms with Gasteiger partial charge in [0.1, 0.15) is 0 Å². The SMILES string of the molecule is CCCCCc1ccc(CO)cc1. The maximum absolute atomic E-state index is 8.84. The number of hydrogen-bond acceptors (Lipinski definition) is 1. The van der Waals surface area contributed by atoms with Gasteiger partial charge in [-0.2, -0.15) is 0 Å². The Morgan fingerprint density at radius 3 is 2.15 bits per heavy atom. The number of aliphatic hydroxyl groups excluding tert-OH is 1. The predicted octanol–water partition coefficient (Wildman–Crippen LogP) is 2.91. The first-order chi connectivity index (χ1) is 6.36. The second kappa shape index (κ2) is 5.76. The highest BCUT2D eigenvalue weighted by Gasteiger charge is 1.93. The van der Waals surface area contributed by atoms with E-state index in [-0.39, 0.29) is 6.61 Å². The van der Waals surface area contributed by atoms with Crippen molar-refractivity contribution in [3.63, 3.8) is 0 Å². The second-order valence-corrected chi connectivity index (χ2v) is 3.43. The molecule has 13 heavy (non-hydrogen) atoms. The molecule has 1 nitrogen and oxygen atoms in total. The van der Waals surface area contributed by atoms with Gasteiger partial charge in [-0.25, -0.2) is 0 Å². The Balaban J connectivity index is 2.40. The fourth-order valence-corrected chi connectivity index (χ4v) is 1.39. The average molecular weight is 178 g/mol. The summed E-state index contributed by atoms with van der Waals surface area (Å²) in [5.74, 6) is 0. The molecular weight excluding hydrogens is 160 g/mol. The Hall–Kier alpha value is -0.820. The van der Waals surface area contributed by atoms with E-state index in [1.807, 2.05) is 12.1 Å². The Morgan fingerprint density at radius 2 is 1.62 bits per heavy atom. The van der Waals surface area contributed by atoms with Crippen LogP contribution in [0, 0.1) is 0 Å². The van der Waals surface area contributed by atoms with E-state index in [4.69, 9.17) is 5.11 Å². The monoisotopic (exact) mass is 178 g/mol. The fraction of sp³-hybridized carbons (Fsp3) is 0.500. The molecule has 0 aromatic heterocycles. The highest BCUT2D eigenvalue weighted by atomic mass is 16.3. The van der Waals surface area contributed by atoms with Crippen LogP contribution in [0.25, 0.3) is 0 Å². The molecule has 0 saturated carbocycles. The van der Waals surface area contributed by atoms with Crippen molar-refractivity contribution >= 4 is 0 Å². The summed E-state index contributed by atoms with van der Waals surface area (Å²) in [5.41, 5.74) is 2.38. The van der Waals surface area contributed by atoms with Gasteiger partial charge < -0.3 is 5.11 Å². The first-order valence-corrected chi connectivity index (χ1v) is 5.05. The molecule has 0 aliphatic heterocycles. The van der Waals surface area contributed by atoms with Gasteiger partial charge in [-0.05, 0) is 24.0 Å². The predicted molar refractivity (Wildman–Crippen MR) is 55.6 cm³/mol. The van der Waals surface area contributed by atoms with Crippen LogP contribution in [0.1, 0.15) is 37.3 Å². The molecule has 0 aliphatic rings. The van der Waals surface area contributed by atoms with Crippen molar-refractivity contribution in [1.29, 1.82) is 0 Å². The zero-order valence-electron chi connectivity index (χ0n) is 8.29. The van der Waals surface area contributed by atoms with Gasteiger partial charge in [0.05, 0.1) is 6.61 Å². The number of aryl methyl sites for hydroxylation is 1. The van der Waals surface area contributed by atoms with E-state index < -0.39 is 0 Å². The summed E-state index contributed by atoms with van der Waals surface area (Å²) >= 11 is 0. The van der Waals surface area contributed by atoms with Gasteiger partial charge in [-0.3, -0.25) is 0 Å². The maximum atomic E-state index is 8.84. The minimum Gasteiger partial charge on any atom is -0.392 e. The first-order valence-electron chi connectivity index (χ1n) is 5.05. The van der Waals surface area contributed by atoms with Crippen molar-refractivity contribution < 1.29 is 5.11 Å². The number of aliphatic hydroxyl groups is 1. The zero-order valence-corrected chi connectivity index (χ0v) is 8.29. The lowest BCUT2D eigenvalue weighted by Crippen LogP contribution is -1.87. The summed E-state index contributed by atoms with van der Waals surface area (Å²) in [7, 11) is 0. The molecule has 0 saturated heterocycles. The molecular formula is C12H18O. The molecule has 0 amide bonds. The molecule has 72 valence electrons. The van der Waals surface area contributed by atoms with E-state index in [1.54, 1.807) is 0 Å². The summed E-state index contributed by atoms with van der Waals surface area (Å²) in [6.07, 6.45) is 5.02. The molecule has 0 unspecified atom stereocenters. The van der Waals surface area contributed by atoms with Crippen LogP contribution in [-0.4, -0.2) is 5.11 Å². The van der Waals surface area contributed by atoms with Crippen molar-refractivity contribution in [2.45, 2.75) is 39.2 Å².